The van der Waals surface area contributed by atoms with Crippen LogP contribution in [-0.4, -0.2) is 56.9 Å². The molecular formula is C16H25N3O. The highest BCUT2D eigenvalue weighted by atomic mass is 16.5. The van der Waals surface area contributed by atoms with Gasteiger partial charge in [-0.2, -0.15) is 0 Å². The number of rotatable bonds is 3. The van der Waals surface area contributed by atoms with E-state index in [9.17, 15) is 0 Å². The van der Waals surface area contributed by atoms with Crippen LogP contribution in [-0.2, 0) is 11.3 Å². The predicted molar refractivity (Wildman–Crippen MR) is 82.2 cm³/mol. The molecule has 110 valence electrons. The molecule has 1 unspecified atom stereocenters. The Hall–Kier alpha value is -1.10. The van der Waals surface area contributed by atoms with E-state index in [0.717, 1.165) is 52.4 Å². The average Bonchev–Trinajstić information content (AvgIpc) is 2.49. The summed E-state index contributed by atoms with van der Waals surface area (Å²) < 4.78 is 5.62. The van der Waals surface area contributed by atoms with E-state index < -0.39 is 0 Å². The standard InChI is InChI=1S/C16H25N3O/c1-14-12-19(9-10-20-14)16-4-2-3-15(11-16)13-18-7-5-17-6-8-18/h2-4,11,14,17H,5-10,12-13H2,1H3. The second-order valence-electron chi connectivity index (χ2n) is 5.82. The quantitative estimate of drug-likeness (QED) is 0.900. The molecule has 0 aliphatic carbocycles. The number of piperazine rings is 1. The fraction of sp³-hybridized carbons (Fsp3) is 0.625. The number of anilines is 1. The van der Waals surface area contributed by atoms with E-state index in [4.69, 9.17) is 4.74 Å². The minimum atomic E-state index is 0.334. The van der Waals surface area contributed by atoms with Crippen molar-refractivity contribution < 1.29 is 4.74 Å². The smallest absolute Gasteiger partial charge is 0.0722 e. The Morgan fingerprint density at radius 1 is 1.25 bits per heavy atom. The topological polar surface area (TPSA) is 27.7 Å². The largest absolute Gasteiger partial charge is 0.375 e. The molecule has 0 saturated carbocycles. The number of hydrogen-bond donors (Lipinski definition) is 1. The van der Waals surface area contributed by atoms with E-state index in [1.165, 1.54) is 11.3 Å². The van der Waals surface area contributed by atoms with Gasteiger partial charge in [-0.25, -0.2) is 0 Å². The van der Waals surface area contributed by atoms with Gasteiger partial charge in [0.15, 0.2) is 0 Å². The summed E-state index contributed by atoms with van der Waals surface area (Å²) >= 11 is 0. The molecule has 20 heavy (non-hydrogen) atoms. The van der Waals surface area contributed by atoms with E-state index in [0.29, 0.717) is 6.10 Å². The van der Waals surface area contributed by atoms with Gasteiger partial charge < -0.3 is 15.0 Å². The fourth-order valence-corrected chi connectivity index (χ4v) is 3.03. The second-order valence-corrected chi connectivity index (χ2v) is 5.82. The lowest BCUT2D eigenvalue weighted by molar-refractivity contribution is 0.0532. The molecule has 0 aromatic heterocycles. The van der Waals surface area contributed by atoms with Crippen LogP contribution in [0.3, 0.4) is 0 Å². The number of hydrogen-bond acceptors (Lipinski definition) is 4. The molecule has 3 rings (SSSR count). The highest BCUT2D eigenvalue weighted by molar-refractivity contribution is 5.49. The number of benzene rings is 1. The zero-order valence-electron chi connectivity index (χ0n) is 12.3. The first-order valence-corrected chi connectivity index (χ1v) is 7.70. The van der Waals surface area contributed by atoms with Crippen molar-refractivity contribution in [3.8, 4) is 0 Å². The lowest BCUT2D eigenvalue weighted by Crippen LogP contribution is -2.43. The van der Waals surface area contributed by atoms with Crippen LogP contribution in [0.2, 0.25) is 0 Å². The van der Waals surface area contributed by atoms with Crippen molar-refractivity contribution >= 4 is 5.69 Å². The van der Waals surface area contributed by atoms with Crippen molar-refractivity contribution in [1.82, 2.24) is 10.2 Å². The van der Waals surface area contributed by atoms with Gasteiger partial charge in [-0.05, 0) is 24.6 Å². The van der Waals surface area contributed by atoms with Gasteiger partial charge in [0.2, 0.25) is 0 Å². The summed E-state index contributed by atoms with van der Waals surface area (Å²) in [5.74, 6) is 0. The Labute approximate surface area is 121 Å². The molecule has 2 heterocycles. The maximum atomic E-state index is 5.62. The van der Waals surface area contributed by atoms with Crippen LogP contribution in [0.4, 0.5) is 5.69 Å². The maximum absolute atomic E-state index is 5.62. The number of nitrogens with zero attached hydrogens (tertiary/aromatic N) is 2. The summed E-state index contributed by atoms with van der Waals surface area (Å²) in [6.07, 6.45) is 0.334. The molecule has 4 nitrogen and oxygen atoms in total. The van der Waals surface area contributed by atoms with Crippen molar-refractivity contribution in [1.29, 1.82) is 0 Å². The van der Waals surface area contributed by atoms with E-state index in [2.05, 4.69) is 46.3 Å². The Morgan fingerprint density at radius 3 is 2.90 bits per heavy atom. The van der Waals surface area contributed by atoms with Crippen molar-refractivity contribution in [2.24, 2.45) is 0 Å². The van der Waals surface area contributed by atoms with E-state index >= 15 is 0 Å². The van der Waals surface area contributed by atoms with Gasteiger partial charge in [0.25, 0.3) is 0 Å². The van der Waals surface area contributed by atoms with E-state index in [1.54, 1.807) is 0 Å². The first-order valence-electron chi connectivity index (χ1n) is 7.70. The molecule has 4 heteroatoms. The van der Waals surface area contributed by atoms with Crippen molar-refractivity contribution in [3.63, 3.8) is 0 Å². The lowest BCUT2D eigenvalue weighted by atomic mass is 10.1. The third-order valence-corrected chi connectivity index (χ3v) is 4.13. The molecule has 0 radical (unpaired) electrons. The molecule has 1 aromatic carbocycles. The third kappa shape index (κ3) is 3.51. The zero-order chi connectivity index (χ0) is 13.8. The van der Waals surface area contributed by atoms with Crippen LogP contribution in [0.25, 0.3) is 0 Å². The van der Waals surface area contributed by atoms with Crippen LogP contribution >= 0.6 is 0 Å². The highest BCUT2D eigenvalue weighted by Gasteiger charge is 2.17. The normalized spacial score (nSPS) is 24.9. The molecule has 1 N–H and O–H groups in total. The van der Waals surface area contributed by atoms with Gasteiger partial charge in [-0.15, -0.1) is 0 Å². The minimum Gasteiger partial charge on any atom is -0.375 e. The molecule has 2 aliphatic heterocycles. The van der Waals surface area contributed by atoms with Crippen LogP contribution < -0.4 is 10.2 Å². The second kappa shape index (κ2) is 6.57. The van der Waals surface area contributed by atoms with E-state index in [-0.39, 0.29) is 0 Å². The summed E-state index contributed by atoms with van der Waals surface area (Å²) in [6, 6.07) is 9.00. The molecule has 2 aliphatic rings. The van der Waals surface area contributed by atoms with Gasteiger partial charge >= 0.3 is 0 Å². The molecule has 1 aromatic rings. The van der Waals surface area contributed by atoms with Gasteiger partial charge in [0, 0.05) is 51.5 Å². The predicted octanol–water partition coefficient (Wildman–Crippen LogP) is 1.32. The van der Waals surface area contributed by atoms with Gasteiger partial charge in [0.1, 0.15) is 0 Å². The molecule has 2 saturated heterocycles. The first-order chi connectivity index (χ1) is 9.81. The van der Waals surface area contributed by atoms with Crippen LogP contribution in [0.5, 0.6) is 0 Å². The lowest BCUT2D eigenvalue weighted by Gasteiger charge is -2.33. The molecule has 0 bridgehead atoms. The van der Waals surface area contributed by atoms with Gasteiger partial charge in [-0.3, -0.25) is 4.90 Å². The Morgan fingerprint density at radius 2 is 2.10 bits per heavy atom. The van der Waals surface area contributed by atoms with Crippen LogP contribution in [0, 0.1) is 0 Å². The number of nitrogens with one attached hydrogen (secondary N) is 1. The summed E-state index contributed by atoms with van der Waals surface area (Å²) in [6.45, 7) is 10.6. The maximum Gasteiger partial charge on any atom is 0.0722 e. The highest BCUT2D eigenvalue weighted by Crippen LogP contribution is 2.20. The van der Waals surface area contributed by atoms with E-state index in [1.807, 2.05) is 0 Å². The monoisotopic (exact) mass is 275 g/mol. The summed E-state index contributed by atoms with van der Waals surface area (Å²) in [5, 5.41) is 3.40. The summed E-state index contributed by atoms with van der Waals surface area (Å²) in [5.41, 5.74) is 2.76. The summed E-state index contributed by atoms with van der Waals surface area (Å²) in [7, 11) is 0. The minimum absolute atomic E-state index is 0.334. The molecule has 0 amide bonds. The molecular weight excluding hydrogens is 250 g/mol. The SMILES string of the molecule is CC1CN(c2cccc(CN3CCNCC3)c2)CCO1. The fourth-order valence-electron chi connectivity index (χ4n) is 3.03. The third-order valence-electron chi connectivity index (χ3n) is 4.13. The molecule has 2 fully saturated rings. The number of morpholine rings is 1. The van der Waals surface area contributed by atoms with Gasteiger partial charge in [-0.1, -0.05) is 12.1 Å². The average molecular weight is 275 g/mol. The van der Waals surface area contributed by atoms with Crippen LogP contribution in [0.15, 0.2) is 24.3 Å². The van der Waals surface area contributed by atoms with Crippen molar-refractivity contribution in [2.45, 2.75) is 19.6 Å². The Kier molecular flexibility index (Phi) is 4.55. The Bertz CT molecular complexity index is 431. The zero-order valence-corrected chi connectivity index (χ0v) is 12.3. The number of ether oxygens (including phenoxy) is 1. The first kappa shape index (κ1) is 13.9. The van der Waals surface area contributed by atoms with Crippen molar-refractivity contribution in [2.75, 3.05) is 50.8 Å². The van der Waals surface area contributed by atoms with Crippen LogP contribution in [0.1, 0.15) is 12.5 Å². The Balaban J connectivity index is 1.65. The molecule has 1 atom stereocenters. The van der Waals surface area contributed by atoms with Crippen molar-refractivity contribution in [3.05, 3.63) is 29.8 Å². The molecule has 0 spiro atoms. The van der Waals surface area contributed by atoms with Gasteiger partial charge in [0.05, 0.1) is 12.7 Å². The summed E-state index contributed by atoms with van der Waals surface area (Å²) in [4.78, 5) is 4.97.